The second kappa shape index (κ2) is 13.8. The normalized spacial score (nSPS) is 17.8. The highest BCUT2D eigenvalue weighted by Gasteiger charge is 2.40. The number of ether oxygens (including phenoxy) is 3. The zero-order valence-corrected chi connectivity index (χ0v) is 27.9. The lowest BCUT2D eigenvalue weighted by atomic mass is 9.98. The largest absolute Gasteiger partial charge is 0.496 e. The van der Waals surface area contributed by atoms with Crippen LogP contribution in [0.15, 0.2) is 60.7 Å². The lowest BCUT2D eigenvalue weighted by molar-refractivity contribution is -0.123. The monoisotopic (exact) mass is 660 g/mol. The van der Waals surface area contributed by atoms with Gasteiger partial charge in [-0.25, -0.2) is 4.68 Å². The number of thioether (sulfide) groups is 1. The first-order valence-electron chi connectivity index (χ1n) is 15.3. The van der Waals surface area contributed by atoms with Gasteiger partial charge in [-0.05, 0) is 62.1 Å². The number of hydrogen-bond donors (Lipinski definition) is 1. The minimum absolute atomic E-state index is 0.0233. The molecule has 0 bridgehead atoms. The average Bonchev–Trinajstić information content (AvgIpc) is 3.68. The van der Waals surface area contributed by atoms with Crippen molar-refractivity contribution >= 4 is 41.0 Å². The summed E-state index contributed by atoms with van der Waals surface area (Å²) in [6.45, 7) is 4.94. The number of anilines is 1. The molecule has 0 unspecified atom stereocenters. The van der Waals surface area contributed by atoms with Gasteiger partial charge in [0.05, 0.1) is 42.6 Å². The van der Waals surface area contributed by atoms with Gasteiger partial charge in [0.15, 0.2) is 0 Å². The van der Waals surface area contributed by atoms with Crippen LogP contribution >= 0.6 is 23.4 Å². The molecule has 0 saturated carbocycles. The maximum atomic E-state index is 14.1. The summed E-state index contributed by atoms with van der Waals surface area (Å²) in [7, 11) is 3.21. The lowest BCUT2D eigenvalue weighted by Gasteiger charge is -2.24. The van der Waals surface area contributed by atoms with Crippen LogP contribution in [-0.2, 0) is 14.3 Å². The highest BCUT2D eigenvalue weighted by molar-refractivity contribution is 8.00. The summed E-state index contributed by atoms with van der Waals surface area (Å²) in [6.07, 6.45) is 1.84. The molecule has 240 valence electrons. The molecule has 2 aliphatic rings. The highest BCUT2D eigenvalue weighted by Crippen LogP contribution is 2.52. The van der Waals surface area contributed by atoms with Crippen molar-refractivity contribution in [2.45, 2.75) is 38.0 Å². The number of nitrogens with zero attached hydrogens (tertiary/aromatic N) is 3. The first-order valence-corrected chi connectivity index (χ1v) is 16.7. The number of carbonyl (C=O) groups is 2. The number of fused-ring (bicyclic) bond motifs is 1. The number of nitrogens with one attached hydrogen (secondary N) is 1. The fourth-order valence-electron chi connectivity index (χ4n) is 6.17. The molecule has 9 nitrogen and oxygen atoms in total. The fourth-order valence-corrected chi connectivity index (χ4v) is 7.71. The maximum absolute atomic E-state index is 14.1. The maximum Gasteiger partial charge on any atom is 0.240 e. The van der Waals surface area contributed by atoms with Gasteiger partial charge in [-0.1, -0.05) is 53.6 Å². The van der Waals surface area contributed by atoms with Gasteiger partial charge >= 0.3 is 0 Å². The van der Waals surface area contributed by atoms with Gasteiger partial charge in [-0.2, -0.15) is 5.10 Å². The van der Waals surface area contributed by atoms with E-state index in [4.69, 9.17) is 30.9 Å². The molecule has 3 heterocycles. The van der Waals surface area contributed by atoms with Crippen LogP contribution in [0.4, 0.5) is 5.82 Å². The van der Waals surface area contributed by atoms with E-state index in [1.54, 1.807) is 23.8 Å². The molecule has 2 aliphatic heterocycles. The predicted octanol–water partition coefficient (Wildman–Crippen LogP) is 6.29. The Morgan fingerprint density at radius 1 is 1.09 bits per heavy atom. The molecule has 2 atom stereocenters. The number of aromatic nitrogens is 2. The van der Waals surface area contributed by atoms with Gasteiger partial charge in [0.25, 0.3) is 0 Å². The molecule has 1 N–H and O–H groups in total. The SMILES string of the molecule is COc1cccc(OC)c1-c1nn(-c2ccc(C)cc2C)c2c1[C@@H](c1ccccc1Cl)SCC(=O)N2CC(=O)NC[C@H]1CCCO1. The van der Waals surface area contributed by atoms with E-state index in [-0.39, 0.29) is 30.2 Å². The van der Waals surface area contributed by atoms with Crippen molar-refractivity contribution in [3.8, 4) is 28.4 Å². The van der Waals surface area contributed by atoms with Gasteiger partial charge in [0.1, 0.15) is 29.6 Å². The van der Waals surface area contributed by atoms with E-state index in [0.717, 1.165) is 40.8 Å². The number of carbonyl (C=O) groups excluding carboxylic acids is 2. The molecule has 4 aromatic rings. The number of methoxy groups -OCH3 is 2. The molecular weight excluding hydrogens is 624 g/mol. The number of halogens is 1. The summed E-state index contributed by atoms with van der Waals surface area (Å²) in [4.78, 5) is 29.2. The number of hydrogen-bond acceptors (Lipinski definition) is 7. The Labute approximate surface area is 278 Å². The summed E-state index contributed by atoms with van der Waals surface area (Å²) in [5.74, 6) is 1.26. The van der Waals surface area contributed by atoms with Crippen molar-refractivity contribution in [1.29, 1.82) is 0 Å². The second-order valence-electron chi connectivity index (χ2n) is 11.5. The summed E-state index contributed by atoms with van der Waals surface area (Å²) < 4.78 is 19.2. The first-order chi connectivity index (χ1) is 22.3. The topological polar surface area (TPSA) is 94.9 Å². The third-order valence-corrected chi connectivity index (χ3v) is 9.96. The molecule has 2 amide bonds. The second-order valence-corrected chi connectivity index (χ2v) is 13.0. The van der Waals surface area contributed by atoms with E-state index in [9.17, 15) is 9.59 Å². The van der Waals surface area contributed by atoms with Crippen LogP contribution in [0.5, 0.6) is 11.5 Å². The molecule has 0 spiro atoms. The Balaban J connectivity index is 1.62. The minimum atomic E-state index is -0.406. The molecule has 46 heavy (non-hydrogen) atoms. The smallest absolute Gasteiger partial charge is 0.240 e. The van der Waals surface area contributed by atoms with E-state index in [1.165, 1.54) is 11.8 Å². The first kappa shape index (κ1) is 32.0. The molecule has 0 radical (unpaired) electrons. The third kappa shape index (κ3) is 6.21. The Morgan fingerprint density at radius 2 is 1.85 bits per heavy atom. The Kier molecular flexibility index (Phi) is 9.58. The van der Waals surface area contributed by atoms with Crippen molar-refractivity contribution < 1.29 is 23.8 Å². The van der Waals surface area contributed by atoms with E-state index in [1.807, 2.05) is 68.4 Å². The molecule has 1 saturated heterocycles. The van der Waals surface area contributed by atoms with E-state index >= 15 is 0 Å². The van der Waals surface area contributed by atoms with Gasteiger partial charge < -0.3 is 19.5 Å². The molecule has 6 rings (SSSR count). The van der Waals surface area contributed by atoms with Crippen LogP contribution in [0.1, 0.15) is 40.3 Å². The summed E-state index contributed by atoms with van der Waals surface area (Å²) in [6, 6.07) is 19.3. The molecule has 11 heteroatoms. The lowest BCUT2D eigenvalue weighted by Crippen LogP contribution is -2.44. The fraction of sp³-hybridized carbons (Fsp3) is 0.343. The van der Waals surface area contributed by atoms with Crippen molar-refractivity contribution in [1.82, 2.24) is 15.1 Å². The summed E-state index contributed by atoms with van der Waals surface area (Å²) in [5.41, 5.74) is 5.62. The number of aryl methyl sites for hydroxylation is 2. The standard InChI is InChI=1S/C35H37ClN4O5S/c1-21-14-15-26(22(2)17-21)40-35-32(33(38-40)31-27(43-3)12-7-13-28(31)44-4)34(24-10-5-6-11-25(24)36)46-20-30(42)39(35)19-29(41)37-18-23-9-8-16-45-23/h5-7,10-15,17,23,34H,8-9,16,18-20H2,1-4H3,(H,37,41)/t23-,34-/m1/s1. The zero-order valence-electron chi connectivity index (χ0n) is 26.3. The average molecular weight is 661 g/mol. The Morgan fingerprint density at radius 3 is 2.52 bits per heavy atom. The van der Waals surface area contributed by atoms with Crippen molar-refractivity contribution in [2.75, 3.05) is 44.6 Å². The predicted molar refractivity (Wildman–Crippen MR) is 182 cm³/mol. The van der Waals surface area contributed by atoms with E-state index in [2.05, 4.69) is 11.4 Å². The molecule has 1 aromatic heterocycles. The van der Waals surface area contributed by atoms with Crippen molar-refractivity contribution in [3.63, 3.8) is 0 Å². The van der Waals surface area contributed by atoms with Crippen LogP contribution in [0.3, 0.4) is 0 Å². The molecule has 3 aromatic carbocycles. The van der Waals surface area contributed by atoms with Gasteiger partial charge in [-0.3, -0.25) is 14.5 Å². The van der Waals surface area contributed by atoms with Crippen LogP contribution < -0.4 is 19.7 Å². The minimum Gasteiger partial charge on any atom is -0.496 e. The molecule has 1 fully saturated rings. The Bertz CT molecular complexity index is 1750. The molecule has 0 aliphatic carbocycles. The van der Waals surface area contributed by atoms with Gasteiger partial charge in [-0.15, -0.1) is 11.8 Å². The van der Waals surface area contributed by atoms with Crippen LogP contribution in [0.2, 0.25) is 5.02 Å². The molecular formula is C35H37ClN4O5S. The van der Waals surface area contributed by atoms with Crippen molar-refractivity contribution in [3.05, 3.63) is 87.9 Å². The van der Waals surface area contributed by atoms with Crippen molar-refractivity contribution in [2.24, 2.45) is 0 Å². The van der Waals surface area contributed by atoms with Gasteiger partial charge in [0, 0.05) is 23.7 Å². The summed E-state index contributed by atoms with van der Waals surface area (Å²) in [5, 5.41) is 8.40. The third-order valence-electron chi connectivity index (χ3n) is 8.37. The number of amides is 2. The number of rotatable bonds is 9. The quantitative estimate of drug-likeness (QED) is 0.225. The highest BCUT2D eigenvalue weighted by atomic mass is 35.5. The Hall–Kier alpha value is -3.99. The van der Waals surface area contributed by atoms with Crippen LogP contribution in [0, 0.1) is 13.8 Å². The van der Waals surface area contributed by atoms with Crippen LogP contribution in [-0.4, -0.2) is 67.4 Å². The van der Waals surface area contributed by atoms with E-state index < -0.39 is 5.25 Å². The number of benzene rings is 3. The summed E-state index contributed by atoms with van der Waals surface area (Å²) >= 11 is 8.31. The van der Waals surface area contributed by atoms with Gasteiger partial charge in [0.2, 0.25) is 11.8 Å². The van der Waals surface area contributed by atoms with E-state index in [0.29, 0.717) is 46.7 Å². The van der Waals surface area contributed by atoms with Crippen LogP contribution in [0.25, 0.3) is 16.9 Å². The zero-order chi connectivity index (χ0) is 32.4.